The number of nitrogens with zero attached hydrogens (tertiary/aromatic N) is 6. The van der Waals surface area contributed by atoms with Gasteiger partial charge in [0.25, 0.3) is 0 Å². The molecule has 0 aliphatic carbocycles. The summed E-state index contributed by atoms with van der Waals surface area (Å²) in [6, 6.07) is -12.0. The molecule has 10 amide bonds. The fourth-order valence-corrected chi connectivity index (χ4v) is 12.2. The van der Waals surface area contributed by atoms with E-state index in [1.807, 2.05) is 74.5 Å². The third-order valence-corrected chi connectivity index (χ3v) is 17.7. The molecule has 0 aromatic rings. The van der Waals surface area contributed by atoms with Gasteiger partial charge in [0.15, 0.2) is 5.78 Å². The van der Waals surface area contributed by atoms with Crippen LogP contribution in [0.2, 0.25) is 0 Å². The number of hydrogen-bond acceptors (Lipinski definition) is 13. The molecular weight excluding hydrogens is 1150 g/mol. The zero-order valence-electron chi connectivity index (χ0n) is 59.4. The molecule has 516 valence electrons. The van der Waals surface area contributed by atoms with Crippen LogP contribution in [0.3, 0.4) is 0 Å². The van der Waals surface area contributed by atoms with Crippen LogP contribution in [0.4, 0.5) is 0 Å². The lowest BCUT2D eigenvalue weighted by molar-refractivity contribution is -0.155. The number of ketones is 1. The van der Waals surface area contributed by atoms with E-state index in [-0.39, 0.29) is 80.5 Å². The number of allylic oxidation sites excluding steroid dienone is 2. The van der Waals surface area contributed by atoms with Crippen LogP contribution >= 0.6 is 0 Å². The number of ether oxygens (including phenoxy) is 1. The molecule has 1 aliphatic heterocycles. The van der Waals surface area contributed by atoms with Crippen molar-refractivity contribution in [2.24, 2.45) is 53.3 Å². The normalized spacial score (nSPS) is 27.8. The second-order valence-corrected chi connectivity index (χ2v) is 27.5. The summed E-state index contributed by atoms with van der Waals surface area (Å²) in [7, 11) is 10.2. The quantitative estimate of drug-likeness (QED) is 0.106. The zero-order chi connectivity index (χ0) is 69.5. The maximum absolute atomic E-state index is 15.3. The van der Waals surface area contributed by atoms with Crippen molar-refractivity contribution in [3.63, 3.8) is 0 Å². The van der Waals surface area contributed by atoms with E-state index in [0.29, 0.717) is 19.3 Å². The van der Waals surface area contributed by atoms with E-state index >= 15 is 14.4 Å². The first-order valence-electron chi connectivity index (χ1n) is 32.9. The molecule has 1 saturated heterocycles. The van der Waals surface area contributed by atoms with Gasteiger partial charge in [-0.15, -0.1) is 0 Å². The second kappa shape index (κ2) is 38.8. The van der Waals surface area contributed by atoms with E-state index in [4.69, 9.17) is 4.74 Å². The molecule has 1 fully saturated rings. The first kappa shape index (κ1) is 82.0. The van der Waals surface area contributed by atoms with Gasteiger partial charge < -0.3 is 60.5 Å². The maximum Gasteiger partial charge on any atom is 0.246 e. The first-order valence-corrected chi connectivity index (χ1v) is 32.9. The van der Waals surface area contributed by atoms with Crippen molar-refractivity contribution in [1.29, 1.82) is 0 Å². The lowest BCUT2D eigenvalue weighted by Gasteiger charge is -2.41. The third-order valence-electron chi connectivity index (χ3n) is 17.7. The highest BCUT2D eigenvalue weighted by Crippen LogP contribution is 2.32. The van der Waals surface area contributed by atoms with Crippen LogP contribution in [-0.4, -0.2) is 222 Å². The number of carbonyl (C=O) groups excluding carboxylic acids is 11. The molecule has 14 unspecified atom stereocenters. The molecule has 0 radical (unpaired) electrons. The summed E-state index contributed by atoms with van der Waals surface area (Å²) in [5, 5.41) is 21.7. The number of Topliss-reactive ketones (excluding diaryl/α,β-unsaturated/α-hetero) is 1. The average molecular weight is 1270 g/mol. The number of amides is 10. The van der Waals surface area contributed by atoms with Gasteiger partial charge in [0.05, 0.1) is 12.6 Å². The molecule has 23 heteroatoms. The van der Waals surface area contributed by atoms with Gasteiger partial charge in [-0.1, -0.05) is 116 Å². The minimum Gasteiger partial charge on any atom is -0.396 e. The predicted octanol–water partition coefficient (Wildman–Crippen LogP) is 5.06. The van der Waals surface area contributed by atoms with Crippen LogP contribution in [0.25, 0.3) is 0 Å². The highest BCUT2D eigenvalue weighted by Gasteiger charge is 2.45. The Morgan fingerprint density at radius 1 is 0.511 bits per heavy atom. The number of carbonyl (C=O) groups is 11. The molecule has 1 rings (SSSR count). The molecule has 0 aromatic heterocycles. The third kappa shape index (κ3) is 23.3. The number of aliphatic hydroxyl groups excluding tert-OH is 1. The van der Waals surface area contributed by atoms with Gasteiger partial charge in [-0.05, 0) is 107 Å². The summed E-state index contributed by atoms with van der Waals surface area (Å²) < 4.78 is 5.48. The minimum atomic E-state index is -1.38. The average Bonchev–Trinajstić information content (AvgIpc) is 1.07. The SMILES string of the molecule is CC=CCC(C)CC1C(=O)NC(CC)C(=O)N(C)C(CCO)C(=O)N(C)C(C(C)COC)C(=O)NC(C(C)C)C(=O)N(C)C(CC(C)C)C(=O)NC(C)C(=O)NC(C)C(=O)CC(CC)C(CC(C)C)C(=O)N(C)C(CC(C)C)C(=O)N(C)C(C(C)C)C(=O)N1C. The van der Waals surface area contributed by atoms with Gasteiger partial charge in [0.2, 0.25) is 59.1 Å². The number of rotatable bonds is 19. The van der Waals surface area contributed by atoms with Crippen molar-refractivity contribution in [2.45, 2.75) is 236 Å². The largest absolute Gasteiger partial charge is 0.396 e. The van der Waals surface area contributed by atoms with Crippen molar-refractivity contribution < 1.29 is 62.6 Å². The van der Waals surface area contributed by atoms with E-state index in [1.54, 1.807) is 48.6 Å². The van der Waals surface area contributed by atoms with Crippen LogP contribution in [0.15, 0.2) is 12.2 Å². The Balaban J connectivity index is 4.42. The molecule has 23 nitrogen and oxygen atoms in total. The molecule has 5 N–H and O–H groups in total. The number of aliphatic hydroxyl groups is 1. The lowest BCUT2D eigenvalue weighted by atomic mass is 9.79. The van der Waals surface area contributed by atoms with Crippen LogP contribution < -0.4 is 21.3 Å². The minimum absolute atomic E-state index is 0.0117. The van der Waals surface area contributed by atoms with Crippen molar-refractivity contribution in [3.05, 3.63) is 12.2 Å². The molecule has 1 heterocycles. The van der Waals surface area contributed by atoms with E-state index < -0.39 is 150 Å². The Morgan fingerprint density at radius 3 is 1.48 bits per heavy atom. The van der Waals surface area contributed by atoms with Gasteiger partial charge in [-0.3, -0.25) is 52.7 Å². The van der Waals surface area contributed by atoms with E-state index in [2.05, 4.69) is 21.3 Å². The van der Waals surface area contributed by atoms with Crippen LogP contribution in [0.5, 0.6) is 0 Å². The van der Waals surface area contributed by atoms with E-state index in [1.165, 1.54) is 75.8 Å². The smallest absolute Gasteiger partial charge is 0.246 e. The van der Waals surface area contributed by atoms with Crippen LogP contribution in [-0.2, 0) is 57.5 Å². The Labute approximate surface area is 540 Å². The predicted molar refractivity (Wildman–Crippen MR) is 350 cm³/mol. The molecule has 1 aliphatic rings. The Morgan fingerprint density at radius 2 is 0.989 bits per heavy atom. The topological polar surface area (TPSA) is 285 Å². The van der Waals surface area contributed by atoms with Gasteiger partial charge in [0, 0.05) is 74.3 Å². The highest BCUT2D eigenvalue weighted by atomic mass is 16.5. The molecule has 0 aromatic carbocycles. The summed E-state index contributed by atoms with van der Waals surface area (Å²) in [6.45, 7) is 30.0. The summed E-state index contributed by atoms with van der Waals surface area (Å²) in [4.78, 5) is 170. The van der Waals surface area contributed by atoms with Gasteiger partial charge in [-0.25, -0.2) is 0 Å². The number of hydrogen-bond donors (Lipinski definition) is 5. The summed E-state index contributed by atoms with van der Waals surface area (Å²) in [6.07, 6.45) is 5.34. The van der Waals surface area contributed by atoms with Gasteiger partial charge >= 0.3 is 0 Å². The summed E-state index contributed by atoms with van der Waals surface area (Å²) in [5.74, 6) is -10.1. The first-order chi connectivity index (χ1) is 41.8. The summed E-state index contributed by atoms with van der Waals surface area (Å²) in [5.41, 5.74) is 0. The molecular formula is C67H120N10O13. The second-order valence-electron chi connectivity index (χ2n) is 27.5. The number of likely N-dealkylation sites (N-methyl/N-ethyl adjacent to an activating group) is 6. The van der Waals surface area contributed by atoms with E-state index in [0.717, 1.165) is 9.80 Å². The molecule has 90 heavy (non-hydrogen) atoms. The fourth-order valence-electron chi connectivity index (χ4n) is 12.2. The maximum atomic E-state index is 15.3. The van der Waals surface area contributed by atoms with Gasteiger partial charge in [0.1, 0.15) is 54.4 Å². The summed E-state index contributed by atoms with van der Waals surface area (Å²) >= 11 is 0. The zero-order valence-corrected chi connectivity index (χ0v) is 59.4. The Bertz CT molecular complexity index is 2420. The molecule has 0 spiro atoms. The number of nitrogens with one attached hydrogen (secondary N) is 4. The lowest BCUT2D eigenvalue weighted by Crippen LogP contribution is -2.62. The fraction of sp³-hybridized carbons (Fsp3) is 0.806. The Kier molecular flexibility index (Phi) is 35.4. The number of methoxy groups -OCH3 is 1. The monoisotopic (exact) mass is 1270 g/mol. The van der Waals surface area contributed by atoms with Crippen LogP contribution in [0.1, 0.15) is 175 Å². The van der Waals surface area contributed by atoms with Crippen molar-refractivity contribution in [2.75, 3.05) is 62.6 Å². The van der Waals surface area contributed by atoms with Crippen molar-refractivity contribution >= 4 is 64.9 Å². The van der Waals surface area contributed by atoms with Gasteiger partial charge in [-0.2, -0.15) is 0 Å². The standard InChI is InChI=1S/C67H120N10O13/c1-25-28-29-43(14)35-52-60(82)70-49(27-3)63(85)72(18)50(30-31-78)64(86)77(23)57(44(15)37-90-24)61(83)71-55(41(10)11)66(88)73(19)51(33-39(6)7)59(81)69-46(17)58(80)68-45(16)54(79)36-47(26-2)48(32-38(4)5)62(84)75(21)53(34-40(8)9)65(87)76(22)56(42(12)13)67(89)74(52)20/h25,28,38-53,55-57,78H,26-27,29-37H2,1-24H3,(H,68,80)(H,69,81)(H,70,82)(H,71,83). The molecule has 0 bridgehead atoms. The van der Waals surface area contributed by atoms with E-state index in [9.17, 15) is 43.5 Å². The molecule has 0 saturated carbocycles. The molecule has 14 atom stereocenters. The van der Waals surface area contributed by atoms with Crippen molar-refractivity contribution in [3.8, 4) is 0 Å². The Hall–Kier alpha value is -5.97. The highest BCUT2D eigenvalue weighted by molar-refractivity contribution is 5.99. The van der Waals surface area contributed by atoms with Crippen molar-refractivity contribution in [1.82, 2.24) is 50.7 Å². The van der Waals surface area contributed by atoms with Crippen LogP contribution in [0, 0.1) is 53.3 Å².